The Morgan fingerprint density at radius 3 is 1.78 bits per heavy atom. The van der Waals surface area contributed by atoms with Crippen LogP contribution in [0.25, 0.3) is 0 Å². The van der Waals surface area contributed by atoms with Gasteiger partial charge in [-0.1, -0.05) is 6.92 Å². The highest BCUT2D eigenvalue weighted by Crippen LogP contribution is 1.92. The van der Waals surface area contributed by atoms with Crippen LogP contribution in [0.15, 0.2) is 0 Å². The molecule has 0 amide bonds. The molecule has 3 nitrogen and oxygen atoms in total. The Kier molecular flexibility index (Phi) is 6.12. The zero-order chi connectivity index (χ0) is 6.62. The minimum Gasteiger partial charge on any atom is -0.870 e. The lowest BCUT2D eigenvalue weighted by atomic mass is 10.5. The van der Waals surface area contributed by atoms with Gasteiger partial charge in [0.05, 0.1) is 21.1 Å². The summed E-state index contributed by atoms with van der Waals surface area (Å²) < 4.78 is 0.605. The van der Waals surface area contributed by atoms with E-state index >= 15 is 0 Å². The molecule has 0 aliphatic heterocycles. The van der Waals surface area contributed by atoms with E-state index in [4.69, 9.17) is 4.84 Å². The first-order valence-corrected chi connectivity index (χ1v) is 3.02. The maximum atomic E-state index is 5.32. The second kappa shape index (κ2) is 4.73. The summed E-state index contributed by atoms with van der Waals surface area (Å²) in [6.45, 7) is 2.96. The summed E-state index contributed by atoms with van der Waals surface area (Å²) in [5.74, 6) is 0. The van der Waals surface area contributed by atoms with E-state index in [9.17, 15) is 0 Å². The van der Waals surface area contributed by atoms with Crippen molar-refractivity contribution < 1.29 is 15.0 Å². The number of quaternary nitrogens is 1. The third-order valence-electron chi connectivity index (χ3n) is 0.683. The molecule has 0 radical (unpaired) electrons. The van der Waals surface area contributed by atoms with Gasteiger partial charge in [0.15, 0.2) is 0 Å². The number of hydrogen-bond donors (Lipinski definition) is 0. The van der Waals surface area contributed by atoms with Gasteiger partial charge >= 0.3 is 0 Å². The number of hydroxylamine groups is 3. The Morgan fingerprint density at radius 1 is 1.22 bits per heavy atom. The smallest absolute Gasteiger partial charge is 0.106 e. The molecule has 3 heteroatoms. The highest BCUT2D eigenvalue weighted by atomic mass is 16.7. The Morgan fingerprint density at radius 2 is 1.67 bits per heavy atom. The SMILES string of the molecule is CCCO[N+](C)(C)C.[OH-]. The van der Waals surface area contributed by atoms with Crippen LogP contribution in [-0.4, -0.2) is 37.9 Å². The molecule has 0 aliphatic rings. The first-order valence-electron chi connectivity index (χ1n) is 3.02. The van der Waals surface area contributed by atoms with E-state index in [1.54, 1.807) is 0 Å². The summed E-state index contributed by atoms with van der Waals surface area (Å²) in [6.07, 6.45) is 1.09. The quantitative estimate of drug-likeness (QED) is 0.425. The molecule has 1 N–H and O–H groups in total. The van der Waals surface area contributed by atoms with Gasteiger partial charge in [-0.25, -0.2) is 4.84 Å². The van der Waals surface area contributed by atoms with E-state index in [-0.39, 0.29) is 5.48 Å². The van der Waals surface area contributed by atoms with Crippen LogP contribution < -0.4 is 0 Å². The molecule has 0 unspecified atom stereocenters. The maximum absolute atomic E-state index is 5.32. The Labute approximate surface area is 57.1 Å². The highest BCUT2D eigenvalue weighted by Gasteiger charge is 2.04. The monoisotopic (exact) mass is 135 g/mol. The fourth-order valence-electron chi connectivity index (χ4n) is 0.365. The summed E-state index contributed by atoms with van der Waals surface area (Å²) >= 11 is 0. The van der Waals surface area contributed by atoms with Crippen molar-refractivity contribution in [2.75, 3.05) is 27.7 Å². The molecule has 0 atom stereocenters. The van der Waals surface area contributed by atoms with Gasteiger partial charge in [-0.2, -0.15) is 4.65 Å². The average molecular weight is 135 g/mol. The van der Waals surface area contributed by atoms with Crippen molar-refractivity contribution in [1.29, 1.82) is 0 Å². The van der Waals surface area contributed by atoms with Crippen molar-refractivity contribution in [3.63, 3.8) is 0 Å². The van der Waals surface area contributed by atoms with Gasteiger partial charge in [0, 0.05) is 0 Å². The molecule has 0 spiro atoms. The van der Waals surface area contributed by atoms with E-state index in [0.29, 0.717) is 4.65 Å². The van der Waals surface area contributed by atoms with Crippen molar-refractivity contribution in [2.24, 2.45) is 0 Å². The van der Waals surface area contributed by atoms with Crippen LogP contribution in [0.2, 0.25) is 0 Å². The minimum absolute atomic E-state index is 0. The summed E-state index contributed by atoms with van der Waals surface area (Å²) in [6, 6.07) is 0. The van der Waals surface area contributed by atoms with Gasteiger partial charge in [0.1, 0.15) is 6.61 Å². The van der Waals surface area contributed by atoms with Crippen LogP contribution in [0.4, 0.5) is 0 Å². The lowest BCUT2D eigenvalue weighted by Gasteiger charge is -2.20. The third-order valence-corrected chi connectivity index (χ3v) is 0.683. The molecule has 0 aromatic heterocycles. The van der Waals surface area contributed by atoms with Crippen LogP contribution in [0.5, 0.6) is 0 Å². The first kappa shape index (κ1) is 11.6. The van der Waals surface area contributed by atoms with Crippen molar-refractivity contribution in [3.05, 3.63) is 0 Å². The lowest BCUT2D eigenvalue weighted by molar-refractivity contribution is -1.06. The Hall–Kier alpha value is -0.120. The van der Waals surface area contributed by atoms with Gasteiger partial charge in [-0.05, 0) is 6.42 Å². The van der Waals surface area contributed by atoms with Gasteiger partial charge in [0.25, 0.3) is 0 Å². The topological polar surface area (TPSA) is 39.2 Å². The van der Waals surface area contributed by atoms with Crippen molar-refractivity contribution >= 4 is 0 Å². The number of nitrogens with zero attached hydrogens (tertiary/aromatic N) is 1. The van der Waals surface area contributed by atoms with E-state index in [0.717, 1.165) is 13.0 Å². The second-order valence-corrected chi connectivity index (χ2v) is 2.72. The van der Waals surface area contributed by atoms with E-state index in [1.807, 2.05) is 21.1 Å². The molecule has 0 rings (SSSR count). The molecule has 0 aromatic rings. The second-order valence-electron chi connectivity index (χ2n) is 2.72. The maximum Gasteiger partial charge on any atom is 0.106 e. The molecule has 0 heterocycles. The summed E-state index contributed by atoms with van der Waals surface area (Å²) in [5.41, 5.74) is 0. The van der Waals surface area contributed by atoms with E-state index in [2.05, 4.69) is 6.92 Å². The molecular formula is C6H17NO2. The van der Waals surface area contributed by atoms with Gasteiger partial charge in [-0.3, -0.25) is 0 Å². The molecule has 0 saturated heterocycles. The zero-order valence-electron chi connectivity index (χ0n) is 6.72. The normalized spacial score (nSPS) is 10.7. The largest absolute Gasteiger partial charge is 0.870 e. The van der Waals surface area contributed by atoms with Crippen molar-refractivity contribution in [3.8, 4) is 0 Å². The van der Waals surface area contributed by atoms with Crippen LogP contribution in [0.3, 0.4) is 0 Å². The van der Waals surface area contributed by atoms with Crippen LogP contribution >= 0.6 is 0 Å². The van der Waals surface area contributed by atoms with Crippen LogP contribution in [0, 0.1) is 0 Å². The summed E-state index contributed by atoms with van der Waals surface area (Å²) in [7, 11) is 6.03. The molecule has 9 heavy (non-hydrogen) atoms. The fraction of sp³-hybridized carbons (Fsp3) is 1.00. The molecule has 0 bridgehead atoms. The van der Waals surface area contributed by atoms with Gasteiger partial charge in [-0.15, -0.1) is 0 Å². The molecule has 0 aliphatic carbocycles. The van der Waals surface area contributed by atoms with Gasteiger partial charge in [0.2, 0.25) is 0 Å². The third kappa shape index (κ3) is 11.4. The molecular weight excluding hydrogens is 118 g/mol. The standard InChI is InChI=1S/C6H16NO.H2O/c1-5-6-8-7(2,3)4;/h5-6H2,1-4H3;1H2/q+1;/p-1. The van der Waals surface area contributed by atoms with Crippen LogP contribution in [0.1, 0.15) is 13.3 Å². The minimum atomic E-state index is 0. The Balaban J connectivity index is 0. The fourth-order valence-corrected chi connectivity index (χ4v) is 0.365. The number of rotatable bonds is 3. The molecule has 0 saturated carbocycles. The first-order chi connectivity index (χ1) is 3.56. The molecule has 0 fully saturated rings. The van der Waals surface area contributed by atoms with Crippen molar-refractivity contribution in [2.45, 2.75) is 13.3 Å². The van der Waals surface area contributed by atoms with E-state index in [1.165, 1.54) is 0 Å². The molecule has 0 aromatic carbocycles. The zero-order valence-corrected chi connectivity index (χ0v) is 6.72. The number of hydrogen-bond acceptors (Lipinski definition) is 2. The van der Waals surface area contributed by atoms with Crippen molar-refractivity contribution in [1.82, 2.24) is 0 Å². The summed E-state index contributed by atoms with van der Waals surface area (Å²) in [5, 5.41) is 0. The van der Waals surface area contributed by atoms with Crippen LogP contribution in [-0.2, 0) is 4.84 Å². The summed E-state index contributed by atoms with van der Waals surface area (Å²) in [4.78, 5) is 5.32. The lowest BCUT2D eigenvalue weighted by Crippen LogP contribution is -2.34. The van der Waals surface area contributed by atoms with Gasteiger partial charge < -0.3 is 5.48 Å². The predicted molar refractivity (Wildman–Crippen MR) is 36.2 cm³/mol. The molecule has 58 valence electrons. The highest BCUT2D eigenvalue weighted by molar-refractivity contribution is 4.14. The van der Waals surface area contributed by atoms with E-state index < -0.39 is 0 Å². The average Bonchev–Trinajstić information content (AvgIpc) is 1.59. The Bertz CT molecular complexity index is 58.6. The predicted octanol–water partition coefficient (Wildman–Crippen LogP) is 0.857.